The molecule has 1 aromatic rings. The van der Waals surface area contributed by atoms with Gasteiger partial charge in [-0.2, -0.15) is 0 Å². The molecule has 2 aliphatic rings. The monoisotopic (exact) mass is 281 g/mol. The van der Waals surface area contributed by atoms with Gasteiger partial charge in [0.15, 0.2) is 0 Å². The van der Waals surface area contributed by atoms with Gasteiger partial charge < -0.3 is 10.1 Å². The number of rotatable bonds is 2. The molecule has 1 aliphatic carbocycles. The highest BCUT2D eigenvalue weighted by molar-refractivity contribution is 9.10. The summed E-state index contributed by atoms with van der Waals surface area (Å²) < 4.78 is 7.21. The molecular formula is C13H16BrNO. The first kappa shape index (κ1) is 10.6. The third kappa shape index (κ3) is 1.87. The molecule has 2 atom stereocenters. The molecule has 0 bridgehead atoms. The van der Waals surface area contributed by atoms with Gasteiger partial charge in [0.2, 0.25) is 0 Å². The lowest BCUT2D eigenvalue weighted by Crippen LogP contribution is -2.32. The maximum atomic E-state index is 6.08. The number of hydrogen-bond donors (Lipinski definition) is 1. The minimum atomic E-state index is 0.422. The van der Waals surface area contributed by atoms with E-state index in [1.54, 1.807) is 0 Å². The Morgan fingerprint density at radius 2 is 2.19 bits per heavy atom. The molecule has 1 saturated carbocycles. The van der Waals surface area contributed by atoms with E-state index < -0.39 is 0 Å². The molecule has 0 spiro atoms. The Morgan fingerprint density at radius 3 is 2.88 bits per heavy atom. The summed E-state index contributed by atoms with van der Waals surface area (Å²) in [5, 5.41) is 3.40. The van der Waals surface area contributed by atoms with Gasteiger partial charge in [0.1, 0.15) is 11.9 Å². The zero-order chi connectivity index (χ0) is 11.1. The highest BCUT2D eigenvalue weighted by Crippen LogP contribution is 2.44. The van der Waals surface area contributed by atoms with Crippen molar-refractivity contribution in [1.82, 2.24) is 5.32 Å². The summed E-state index contributed by atoms with van der Waals surface area (Å²) in [6, 6.07) is 6.74. The van der Waals surface area contributed by atoms with Crippen LogP contribution in [-0.2, 0) is 0 Å². The molecule has 0 radical (unpaired) electrons. The van der Waals surface area contributed by atoms with Crippen LogP contribution in [0.2, 0.25) is 0 Å². The average Bonchev–Trinajstić information content (AvgIpc) is 3.11. The standard InChI is InChI=1S/C13H16BrNO/c1-15-11-7-13(8-2-3-8)16-12-5-4-9(14)6-10(11)12/h4-6,8,11,13,15H,2-3,7H2,1H3. The fourth-order valence-corrected chi connectivity index (χ4v) is 2.88. The van der Waals surface area contributed by atoms with Crippen molar-refractivity contribution in [3.05, 3.63) is 28.2 Å². The lowest BCUT2D eigenvalue weighted by Gasteiger charge is -2.32. The summed E-state index contributed by atoms with van der Waals surface area (Å²) >= 11 is 3.52. The van der Waals surface area contributed by atoms with E-state index >= 15 is 0 Å². The van der Waals surface area contributed by atoms with Crippen LogP contribution < -0.4 is 10.1 Å². The SMILES string of the molecule is CNC1CC(C2CC2)Oc2ccc(Br)cc21. The zero-order valence-electron chi connectivity index (χ0n) is 9.37. The highest BCUT2D eigenvalue weighted by Gasteiger charge is 2.38. The van der Waals surface area contributed by atoms with Crippen LogP contribution in [0.25, 0.3) is 0 Å². The van der Waals surface area contributed by atoms with Gasteiger partial charge in [0.25, 0.3) is 0 Å². The van der Waals surface area contributed by atoms with Gasteiger partial charge in [0.05, 0.1) is 0 Å². The van der Waals surface area contributed by atoms with Crippen LogP contribution in [0.3, 0.4) is 0 Å². The minimum absolute atomic E-state index is 0.422. The Bertz CT molecular complexity index is 403. The van der Waals surface area contributed by atoms with Gasteiger partial charge in [0, 0.05) is 22.5 Å². The van der Waals surface area contributed by atoms with E-state index in [4.69, 9.17) is 4.74 Å². The van der Waals surface area contributed by atoms with Crippen LogP contribution in [0.15, 0.2) is 22.7 Å². The Hall–Kier alpha value is -0.540. The van der Waals surface area contributed by atoms with Gasteiger partial charge in [-0.3, -0.25) is 0 Å². The van der Waals surface area contributed by atoms with Crippen LogP contribution >= 0.6 is 15.9 Å². The molecule has 1 N–H and O–H groups in total. The first-order valence-electron chi connectivity index (χ1n) is 5.91. The van der Waals surface area contributed by atoms with Crippen molar-refractivity contribution in [3.8, 4) is 5.75 Å². The Morgan fingerprint density at radius 1 is 1.38 bits per heavy atom. The predicted octanol–water partition coefficient (Wildman–Crippen LogP) is 3.27. The Kier molecular flexibility index (Phi) is 2.68. The van der Waals surface area contributed by atoms with E-state index in [9.17, 15) is 0 Å². The van der Waals surface area contributed by atoms with Crippen LogP contribution in [0, 0.1) is 5.92 Å². The third-order valence-electron chi connectivity index (χ3n) is 3.59. The van der Waals surface area contributed by atoms with Gasteiger partial charge in [-0.15, -0.1) is 0 Å². The zero-order valence-corrected chi connectivity index (χ0v) is 11.0. The van der Waals surface area contributed by atoms with Crippen LogP contribution in [0.4, 0.5) is 0 Å². The van der Waals surface area contributed by atoms with E-state index in [0.717, 1.165) is 22.6 Å². The fraction of sp³-hybridized carbons (Fsp3) is 0.538. The van der Waals surface area contributed by atoms with Crippen LogP contribution in [-0.4, -0.2) is 13.2 Å². The first-order valence-corrected chi connectivity index (χ1v) is 6.70. The van der Waals surface area contributed by atoms with Crippen molar-refractivity contribution in [1.29, 1.82) is 0 Å². The number of nitrogens with one attached hydrogen (secondary N) is 1. The lowest BCUT2D eigenvalue weighted by atomic mass is 9.94. The molecule has 1 aromatic carbocycles. The van der Waals surface area contributed by atoms with Crippen molar-refractivity contribution in [2.75, 3.05) is 7.05 Å². The van der Waals surface area contributed by atoms with Gasteiger partial charge in [-0.05, 0) is 44.0 Å². The maximum absolute atomic E-state index is 6.08. The van der Waals surface area contributed by atoms with Crippen LogP contribution in [0.1, 0.15) is 30.9 Å². The van der Waals surface area contributed by atoms with Crippen molar-refractivity contribution >= 4 is 15.9 Å². The quantitative estimate of drug-likeness (QED) is 0.899. The van der Waals surface area contributed by atoms with Crippen molar-refractivity contribution in [2.45, 2.75) is 31.4 Å². The number of hydrogen-bond acceptors (Lipinski definition) is 2. The van der Waals surface area contributed by atoms with E-state index in [-0.39, 0.29) is 0 Å². The predicted molar refractivity (Wildman–Crippen MR) is 67.7 cm³/mol. The highest BCUT2D eigenvalue weighted by atomic mass is 79.9. The molecule has 86 valence electrons. The average molecular weight is 282 g/mol. The smallest absolute Gasteiger partial charge is 0.124 e. The molecule has 0 saturated heterocycles. The molecule has 2 unspecified atom stereocenters. The summed E-state index contributed by atoms with van der Waals surface area (Å²) in [5.74, 6) is 1.86. The van der Waals surface area contributed by atoms with Crippen molar-refractivity contribution in [2.24, 2.45) is 5.92 Å². The Balaban J connectivity index is 1.93. The molecule has 3 rings (SSSR count). The van der Waals surface area contributed by atoms with Gasteiger partial charge in [-0.25, -0.2) is 0 Å². The summed E-state index contributed by atoms with van der Waals surface area (Å²) in [4.78, 5) is 0. The molecular weight excluding hydrogens is 266 g/mol. The second-order valence-electron chi connectivity index (χ2n) is 4.75. The number of fused-ring (bicyclic) bond motifs is 1. The minimum Gasteiger partial charge on any atom is -0.490 e. The summed E-state index contributed by atoms with van der Waals surface area (Å²) in [7, 11) is 2.03. The maximum Gasteiger partial charge on any atom is 0.124 e. The summed E-state index contributed by atoms with van der Waals surface area (Å²) in [6.45, 7) is 0. The second-order valence-corrected chi connectivity index (χ2v) is 5.67. The van der Waals surface area contributed by atoms with Crippen molar-refractivity contribution in [3.63, 3.8) is 0 Å². The molecule has 0 amide bonds. The molecule has 1 heterocycles. The second kappa shape index (κ2) is 4.04. The molecule has 1 aliphatic heterocycles. The van der Waals surface area contributed by atoms with Gasteiger partial charge in [-0.1, -0.05) is 15.9 Å². The van der Waals surface area contributed by atoms with Crippen LogP contribution in [0.5, 0.6) is 5.75 Å². The summed E-state index contributed by atoms with van der Waals surface area (Å²) in [5.41, 5.74) is 1.29. The third-order valence-corrected chi connectivity index (χ3v) is 4.08. The number of ether oxygens (including phenoxy) is 1. The van der Waals surface area contributed by atoms with Gasteiger partial charge >= 0.3 is 0 Å². The first-order chi connectivity index (χ1) is 7.78. The molecule has 0 aromatic heterocycles. The molecule has 16 heavy (non-hydrogen) atoms. The van der Waals surface area contributed by atoms with E-state index in [1.807, 2.05) is 7.05 Å². The number of halogens is 1. The van der Waals surface area contributed by atoms with E-state index in [1.165, 1.54) is 18.4 Å². The molecule has 3 heteroatoms. The van der Waals surface area contributed by atoms with E-state index in [2.05, 4.69) is 39.4 Å². The lowest BCUT2D eigenvalue weighted by molar-refractivity contribution is 0.131. The molecule has 2 nitrogen and oxygen atoms in total. The fourth-order valence-electron chi connectivity index (χ4n) is 2.50. The normalized spacial score (nSPS) is 28.4. The molecule has 1 fully saturated rings. The number of benzene rings is 1. The van der Waals surface area contributed by atoms with Crippen molar-refractivity contribution < 1.29 is 4.74 Å². The largest absolute Gasteiger partial charge is 0.490 e. The van der Waals surface area contributed by atoms with E-state index in [0.29, 0.717) is 12.1 Å². The summed E-state index contributed by atoms with van der Waals surface area (Å²) in [6.07, 6.45) is 4.20. The Labute approximate surface area is 105 Å². The topological polar surface area (TPSA) is 21.3 Å².